The maximum Gasteiger partial charge on any atom is 0.00673 e. The summed E-state index contributed by atoms with van der Waals surface area (Å²) in [6.45, 7) is 15.7. The predicted molar refractivity (Wildman–Crippen MR) is 88.0 cm³/mol. The van der Waals surface area contributed by atoms with Crippen molar-refractivity contribution in [2.24, 2.45) is 17.3 Å². The summed E-state index contributed by atoms with van der Waals surface area (Å²) >= 11 is 0. The molecule has 1 atom stereocenters. The molecule has 20 heavy (non-hydrogen) atoms. The van der Waals surface area contributed by atoms with Gasteiger partial charge in [0.15, 0.2) is 0 Å². The summed E-state index contributed by atoms with van der Waals surface area (Å²) in [5.41, 5.74) is 0.508. The molecule has 1 N–H and O–H groups in total. The predicted octanol–water partition coefficient (Wildman–Crippen LogP) is 3.91. The van der Waals surface area contributed by atoms with Crippen molar-refractivity contribution in [3.63, 3.8) is 0 Å². The minimum Gasteiger partial charge on any atom is -0.314 e. The van der Waals surface area contributed by atoms with E-state index in [9.17, 15) is 0 Å². The van der Waals surface area contributed by atoms with E-state index in [1.165, 1.54) is 51.7 Å². The SMILES string of the molecule is CC(C)N1CCC(CNC2CCC(C(C)(C)C)CC2)C1. The molecule has 1 saturated heterocycles. The summed E-state index contributed by atoms with van der Waals surface area (Å²) in [4.78, 5) is 2.63. The summed E-state index contributed by atoms with van der Waals surface area (Å²) in [5.74, 6) is 1.82. The van der Waals surface area contributed by atoms with Crippen LogP contribution >= 0.6 is 0 Å². The minimum absolute atomic E-state index is 0.508. The summed E-state index contributed by atoms with van der Waals surface area (Å²) in [6.07, 6.45) is 7.02. The van der Waals surface area contributed by atoms with Gasteiger partial charge in [0.1, 0.15) is 0 Å². The highest BCUT2D eigenvalue weighted by Crippen LogP contribution is 2.37. The van der Waals surface area contributed by atoms with Gasteiger partial charge in [-0.2, -0.15) is 0 Å². The number of likely N-dealkylation sites (tertiary alicyclic amines) is 1. The zero-order valence-corrected chi connectivity index (χ0v) is 14.4. The van der Waals surface area contributed by atoms with Crippen LogP contribution in [0.15, 0.2) is 0 Å². The maximum atomic E-state index is 3.87. The Hall–Kier alpha value is -0.0800. The van der Waals surface area contributed by atoms with Crippen molar-refractivity contribution < 1.29 is 0 Å². The molecule has 0 bridgehead atoms. The molecule has 0 amide bonds. The molecule has 1 aliphatic heterocycles. The van der Waals surface area contributed by atoms with Crippen molar-refractivity contribution in [3.05, 3.63) is 0 Å². The fourth-order valence-corrected chi connectivity index (χ4v) is 4.00. The molecule has 0 aromatic heterocycles. The normalized spacial score (nSPS) is 33.0. The minimum atomic E-state index is 0.508. The first-order valence-corrected chi connectivity index (χ1v) is 8.83. The van der Waals surface area contributed by atoms with Gasteiger partial charge in [0.2, 0.25) is 0 Å². The molecular formula is C18H36N2. The summed E-state index contributed by atoms with van der Waals surface area (Å²) in [7, 11) is 0. The average Bonchev–Trinajstić information content (AvgIpc) is 2.85. The molecule has 0 aromatic carbocycles. The molecule has 2 nitrogen and oxygen atoms in total. The Bertz CT molecular complexity index is 284. The van der Waals surface area contributed by atoms with Crippen LogP contribution in [-0.2, 0) is 0 Å². The molecule has 0 aromatic rings. The van der Waals surface area contributed by atoms with Crippen LogP contribution < -0.4 is 5.32 Å². The van der Waals surface area contributed by atoms with E-state index < -0.39 is 0 Å². The van der Waals surface area contributed by atoms with Crippen LogP contribution in [0.1, 0.15) is 66.7 Å². The monoisotopic (exact) mass is 280 g/mol. The van der Waals surface area contributed by atoms with Gasteiger partial charge in [-0.3, -0.25) is 0 Å². The lowest BCUT2D eigenvalue weighted by Crippen LogP contribution is -2.39. The van der Waals surface area contributed by atoms with Crippen LogP contribution in [0.25, 0.3) is 0 Å². The Morgan fingerprint density at radius 3 is 2.20 bits per heavy atom. The zero-order chi connectivity index (χ0) is 14.8. The van der Waals surface area contributed by atoms with Crippen LogP contribution in [0.4, 0.5) is 0 Å². The fourth-order valence-electron chi connectivity index (χ4n) is 4.00. The van der Waals surface area contributed by atoms with E-state index in [0.29, 0.717) is 5.41 Å². The van der Waals surface area contributed by atoms with E-state index in [1.54, 1.807) is 0 Å². The van der Waals surface area contributed by atoms with Gasteiger partial charge in [0, 0.05) is 18.6 Å². The van der Waals surface area contributed by atoms with Crippen LogP contribution in [0.3, 0.4) is 0 Å². The molecule has 2 heteroatoms. The molecule has 0 radical (unpaired) electrons. The first kappa shape index (κ1) is 16.3. The molecule has 1 saturated carbocycles. The third-order valence-corrected chi connectivity index (χ3v) is 5.69. The second-order valence-corrected chi connectivity index (χ2v) is 8.57. The summed E-state index contributed by atoms with van der Waals surface area (Å²) in [5, 5.41) is 3.87. The van der Waals surface area contributed by atoms with Crippen LogP contribution in [0.2, 0.25) is 0 Å². The van der Waals surface area contributed by atoms with Crippen LogP contribution in [0, 0.1) is 17.3 Å². The van der Waals surface area contributed by atoms with Crippen LogP contribution in [-0.4, -0.2) is 36.6 Å². The van der Waals surface area contributed by atoms with E-state index in [4.69, 9.17) is 0 Å². The van der Waals surface area contributed by atoms with E-state index >= 15 is 0 Å². The lowest BCUT2D eigenvalue weighted by molar-refractivity contribution is 0.158. The molecule has 1 aliphatic carbocycles. The fraction of sp³-hybridized carbons (Fsp3) is 1.00. The molecule has 118 valence electrons. The van der Waals surface area contributed by atoms with Crippen molar-refractivity contribution in [1.29, 1.82) is 0 Å². The highest BCUT2D eigenvalue weighted by Gasteiger charge is 2.30. The Labute approximate surface area is 126 Å². The van der Waals surface area contributed by atoms with Gasteiger partial charge in [-0.1, -0.05) is 20.8 Å². The second kappa shape index (κ2) is 6.79. The Morgan fingerprint density at radius 1 is 1.05 bits per heavy atom. The lowest BCUT2D eigenvalue weighted by atomic mass is 9.71. The van der Waals surface area contributed by atoms with Gasteiger partial charge in [0.05, 0.1) is 0 Å². The van der Waals surface area contributed by atoms with Gasteiger partial charge in [0.25, 0.3) is 0 Å². The summed E-state index contributed by atoms with van der Waals surface area (Å²) in [6, 6.07) is 1.52. The maximum absolute atomic E-state index is 3.87. The Kier molecular flexibility index (Phi) is 5.53. The van der Waals surface area contributed by atoms with Gasteiger partial charge in [-0.25, -0.2) is 0 Å². The highest BCUT2D eigenvalue weighted by atomic mass is 15.2. The first-order valence-electron chi connectivity index (χ1n) is 8.83. The van der Waals surface area contributed by atoms with Crippen LogP contribution in [0.5, 0.6) is 0 Å². The van der Waals surface area contributed by atoms with Crippen molar-refractivity contribution in [1.82, 2.24) is 10.2 Å². The van der Waals surface area contributed by atoms with Gasteiger partial charge < -0.3 is 10.2 Å². The third-order valence-electron chi connectivity index (χ3n) is 5.69. The second-order valence-electron chi connectivity index (χ2n) is 8.57. The average molecular weight is 281 g/mol. The number of hydrogen-bond acceptors (Lipinski definition) is 2. The van der Waals surface area contributed by atoms with E-state index in [1.807, 2.05) is 0 Å². The molecule has 1 heterocycles. The smallest absolute Gasteiger partial charge is 0.00673 e. The quantitative estimate of drug-likeness (QED) is 0.840. The first-order chi connectivity index (χ1) is 9.36. The van der Waals surface area contributed by atoms with E-state index in [2.05, 4.69) is 44.8 Å². The number of nitrogens with zero attached hydrogens (tertiary/aromatic N) is 1. The Balaban J connectivity index is 1.65. The summed E-state index contributed by atoms with van der Waals surface area (Å²) < 4.78 is 0. The van der Waals surface area contributed by atoms with Crippen molar-refractivity contribution in [2.45, 2.75) is 78.8 Å². The van der Waals surface area contributed by atoms with Gasteiger partial charge >= 0.3 is 0 Å². The van der Waals surface area contributed by atoms with E-state index in [0.717, 1.165) is 23.9 Å². The zero-order valence-electron chi connectivity index (χ0n) is 14.4. The lowest BCUT2D eigenvalue weighted by Gasteiger charge is -2.37. The molecular weight excluding hydrogens is 244 g/mol. The number of hydrogen-bond donors (Lipinski definition) is 1. The molecule has 2 aliphatic rings. The molecule has 2 fully saturated rings. The Morgan fingerprint density at radius 2 is 1.70 bits per heavy atom. The largest absolute Gasteiger partial charge is 0.314 e. The number of rotatable bonds is 4. The third kappa shape index (κ3) is 4.46. The van der Waals surface area contributed by atoms with Gasteiger partial charge in [-0.05, 0) is 76.3 Å². The standard InChI is InChI=1S/C18H36N2/c1-14(2)20-11-10-15(13-20)12-19-17-8-6-16(7-9-17)18(3,4)5/h14-17,19H,6-13H2,1-5H3. The van der Waals surface area contributed by atoms with Crippen molar-refractivity contribution in [2.75, 3.05) is 19.6 Å². The van der Waals surface area contributed by atoms with Crippen molar-refractivity contribution >= 4 is 0 Å². The molecule has 0 spiro atoms. The van der Waals surface area contributed by atoms with Gasteiger partial charge in [-0.15, -0.1) is 0 Å². The topological polar surface area (TPSA) is 15.3 Å². The molecule has 2 rings (SSSR count). The van der Waals surface area contributed by atoms with E-state index in [-0.39, 0.29) is 0 Å². The molecule has 1 unspecified atom stereocenters. The number of nitrogens with one attached hydrogen (secondary N) is 1. The highest BCUT2D eigenvalue weighted by molar-refractivity contribution is 4.85. The van der Waals surface area contributed by atoms with Crippen molar-refractivity contribution in [3.8, 4) is 0 Å².